The number of nitrogens with one attached hydrogen (secondary N) is 2. The number of anilines is 1. The molecule has 1 aliphatic rings. The fourth-order valence-electron chi connectivity index (χ4n) is 2.59. The third kappa shape index (κ3) is 4.23. The van der Waals surface area contributed by atoms with E-state index in [1.54, 1.807) is 6.07 Å². The molecule has 1 heterocycles. The van der Waals surface area contributed by atoms with Gasteiger partial charge in [-0.25, -0.2) is 0 Å². The Morgan fingerprint density at radius 2 is 2.30 bits per heavy atom. The highest BCUT2D eigenvalue weighted by molar-refractivity contribution is 5.92. The Balaban J connectivity index is 1.84. The SMILES string of the molecule is CCc1ccc(O)c(NC(=O)CCC2CCCCN2)c1. The highest BCUT2D eigenvalue weighted by Crippen LogP contribution is 2.24. The minimum absolute atomic E-state index is 0.0269. The Morgan fingerprint density at radius 3 is 3.00 bits per heavy atom. The van der Waals surface area contributed by atoms with Crippen LogP contribution in [0.5, 0.6) is 5.75 Å². The van der Waals surface area contributed by atoms with Crippen molar-refractivity contribution in [2.24, 2.45) is 0 Å². The van der Waals surface area contributed by atoms with Gasteiger partial charge >= 0.3 is 0 Å². The average Bonchev–Trinajstić information content (AvgIpc) is 2.48. The number of amides is 1. The van der Waals surface area contributed by atoms with E-state index >= 15 is 0 Å². The van der Waals surface area contributed by atoms with Crippen molar-refractivity contribution in [1.82, 2.24) is 5.32 Å². The maximum Gasteiger partial charge on any atom is 0.224 e. The molecule has 1 atom stereocenters. The average molecular weight is 276 g/mol. The summed E-state index contributed by atoms with van der Waals surface area (Å²) in [6.45, 7) is 3.11. The number of benzene rings is 1. The lowest BCUT2D eigenvalue weighted by atomic mass is 10.0. The molecule has 1 aliphatic heterocycles. The largest absolute Gasteiger partial charge is 0.506 e. The van der Waals surface area contributed by atoms with E-state index in [9.17, 15) is 9.90 Å². The lowest BCUT2D eigenvalue weighted by Crippen LogP contribution is -2.34. The van der Waals surface area contributed by atoms with E-state index in [1.165, 1.54) is 12.8 Å². The van der Waals surface area contributed by atoms with E-state index < -0.39 is 0 Å². The molecule has 0 bridgehead atoms. The van der Waals surface area contributed by atoms with Crippen LogP contribution in [0.1, 0.15) is 44.6 Å². The number of carbonyl (C=O) groups is 1. The first-order valence-electron chi connectivity index (χ1n) is 7.54. The minimum atomic E-state index is -0.0269. The third-order valence-electron chi connectivity index (χ3n) is 3.88. The quantitative estimate of drug-likeness (QED) is 0.725. The molecule has 2 rings (SSSR count). The standard InChI is InChI=1S/C16H24N2O2/c1-2-12-6-8-15(19)14(11-12)18-16(20)9-7-13-5-3-4-10-17-13/h6,8,11,13,17,19H,2-5,7,9-10H2,1H3,(H,18,20). The van der Waals surface area contributed by atoms with Gasteiger partial charge in [0.15, 0.2) is 0 Å². The van der Waals surface area contributed by atoms with Gasteiger partial charge in [-0.2, -0.15) is 0 Å². The third-order valence-corrected chi connectivity index (χ3v) is 3.88. The molecule has 20 heavy (non-hydrogen) atoms. The number of aryl methyl sites for hydroxylation is 1. The molecule has 0 spiro atoms. The van der Waals surface area contributed by atoms with Gasteiger partial charge in [-0.15, -0.1) is 0 Å². The molecule has 0 saturated carbocycles. The van der Waals surface area contributed by atoms with Crippen molar-refractivity contribution in [3.05, 3.63) is 23.8 Å². The summed E-state index contributed by atoms with van der Waals surface area (Å²) in [5.74, 6) is 0.104. The van der Waals surface area contributed by atoms with Crippen LogP contribution in [-0.4, -0.2) is 23.6 Å². The zero-order chi connectivity index (χ0) is 14.4. The first-order chi connectivity index (χ1) is 9.69. The molecule has 1 unspecified atom stereocenters. The molecule has 4 heteroatoms. The topological polar surface area (TPSA) is 61.4 Å². The summed E-state index contributed by atoms with van der Waals surface area (Å²) in [6.07, 6.45) is 5.88. The number of phenolic OH excluding ortho intramolecular Hbond substituents is 1. The molecular weight excluding hydrogens is 252 g/mol. The second kappa shape index (κ2) is 7.29. The van der Waals surface area contributed by atoms with Crippen LogP contribution in [0.15, 0.2) is 18.2 Å². The summed E-state index contributed by atoms with van der Waals surface area (Å²) in [4.78, 5) is 12.0. The van der Waals surface area contributed by atoms with Gasteiger partial charge in [-0.3, -0.25) is 4.79 Å². The Hall–Kier alpha value is -1.55. The van der Waals surface area contributed by atoms with Crippen LogP contribution in [-0.2, 0) is 11.2 Å². The van der Waals surface area contributed by atoms with Crippen LogP contribution in [0.3, 0.4) is 0 Å². The Labute approximate surface area is 120 Å². The summed E-state index contributed by atoms with van der Waals surface area (Å²) >= 11 is 0. The predicted octanol–water partition coefficient (Wildman–Crippen LogP) is 2.82. The van der Waals surface area contributed by atoms with E-state index in [1.807, 2.05) is 19.1 Å². The van der Waals surface area contributed by atoms with Gasteiger partial charge in [0.25, 0.3) is 0 Å². The van der Waals surface area contributed by atoms with E-state index in [4.69, 9.17) is 0 Å². The van der Waals surface area contributed by atoms with Gasteiger partial charge in [0, 0.05) is 12.5 Å². The number of phenols is 1. The summed E-state index contributed by atoms with van der Waals surface area (Å²) < 4.78 is 0. The van der Waals surface area contributed by atoms with Crippen molar-refractivity contribution < 1.29 is 9.90 Å². The molecule has 0 aromatic heterocycles. The number of carbonyl (C=O) groups excluding carboxylic acids is 1. The van der Waals surface area contributed by atoms with Gasteiger partial charge in [0.05, 0.1) is 5.69 Å². The maximum absolute atomic E-state index is 12.0. The van der Waals surface area contributed by atoms with Gasteiger partial charge in [-0.05, 0) is 49.9 Å². The minimum Gasteiger partial charge on any atom is -0.506 e. The zero-order valence-electron chi connectivity index (χ0n) is 12.1. The predicted molar refractivity (Wildman–Crippen MR) is 81.0 cm³/mol. The Kier molecular flexibility index (Phi) is 5.41. The number of rotatable bonds is 5. The normalized spacial score (nSPS) is 18.8. The van der Waals surface area contributed by atoms with Gasteiger partial charge < -0.3 is 15.7 Å². The van der Waals surface area contributed by atoms with Gasteiger partial charge in [0.1, 0.15) is 5.75 Å². The highest BCUT2D eigenvalue weighted by Gasteiger charge is 2.14. The van der Waals surface area contributed by atoms with Crippen LogP contribution in [0.4, 0.5) is 5.69 Å². The number of aromatic hydroxyl groups is 1. The molecule has 1 aromatic rings. The lowest BCUT2D eigenvalue weighted by molar-refractivity contribution is -0.116. The molecule has 1 amide bonds. The van der Waals surface area contributed by atoms with Gasteiger partial charge in [-0.1, -0.05) is 19.4 Å². The van der Waals surface area contributed by atoms with E-state index in [-0.39, 0.29) is 11.7 Å². The molecule has 1 saturated heterocycles. The van der Waals surface area contributed by atoms with E-state index in [0.29, 0.717) is 18.2 Å². The number of piperidine rings is 1. The second-order valence-corrected chi connectivity index (χ2v) is 5.44. The van der Waals surface area contributed by atoms with Crippen molar-refractivity contribution in [3.63, 3.8) is 0 Å². The highest BCUT2D eigenvalue weighted by atomic mass is 16.3. The summed E-state index contributed by atoms with van der Waals surface area (Å²) in [7, 11) is 0. The van der Waals surface area contributed by atoms with Crippen molar-refractivity contribution in [1.29, 1.82) is 0 Å². The summed E-state index contributed by atoms with van der Waals surface area (Å²) in [5.41, 5.74) is 1.62. The molecule has 110 valence electrons. The van der Waals surface area contributed by atoms with Crippen molar-refractivity contribution >= 4 is 11.6 Å². The smallest absolute Gasteiger partial charge is 0.224 e. The Bertz CT molecular complexity index is 454. The molecule has 1 fully saturated rings. The fraction of sp³-hybridized carbons (Fsp3) is 0.562. The first-order valence-corrected chi connectivity index (χ1v) is 7.54. The van der Waals surface area contributed by atoms with E-state index in [2.05, 4.69) is 10.6 Å². The van der Waals surface area contributed by atoms with Crippen LogP contribution >= 0.6 is 0 Å². The first kappa shape index (κ1) is 14.9. The van der Waals surface area contributed by atoms with E-state index in [0.717, 1.165) is 31.4 Å². The molecule has 3 N–H and O–H groups in total. The van der Waals surface area contributed by atoms with Crippen molar-refractivity contribution in [3.8, 4) is 5.75 Å². The molecular formula is C16H24N2O2. The molecule has 1 aromatic carbocycles. The lowest BCUT2D eigenvalue weighted by Gasteiger charge is -2.23. The van der Waals surface area contributed by atoms with Crippen LogP contribution in [0.25, 0.3) is 0 Å². The number of hydrogen-bond donors (Lipinski definition) is 3. The molecule has 0 radical (unpaired) electrons. The van der Waals surface area contributed by atoms with Crippen LogP contribution in [0.2, 0.25) is 0 Å². The molecule has 0 aliphatic carbocycles. The maximum atomic E-state index is 12.0. The van der Waals surface area contributed by atoms with Gasteiger partial charge in [0.2, 0.25) is 5.91 Å². The zero-order valence-corrected chi connectivity index (χ0v) is 12.1. The van der Waals surface area contributed by atoms with Crippen LogP contribution in [0, 0.1) is 0 Å². The summed E-state index contributed by atoms with van der Waals surface area (Å²) in [6, 6.07) is 5.81. The van der Waals surface area contributed by atoms with Crippen molar-refractivity contribution in [2.75, 3.05) is 11.9 Å². The van der Waals surface area contributed by atoms with Crippen LogP contribution < -0.4 is 10.6 Å². The number of hydrogen-bond acceptors (Lipinski definition) is 3. The van der Waals surface area contributed by atoms with Crippen molar-refractivity contribution in [2.45, 2.75) is 51.5 Å². The fourth-order valence-corrected chi connectivity index (χ4v) is 2.59. The molecule has 4 nitrogen and oxygen atoms in total. The Morgan fingerprint density at radius 1 is 1.45 bits per heavy atom. The summed E-state index contributed by atoms with van der Waals surface area (Å²) in [5, 5.41) is 16.0. The monoisotopic (exact) mass is 276 g/mol. The second-order valence-electron chi connectivity index (χ2n) is 5.44.